The molecule has 1 aliphatic rings. The molecular weight excluding hydrogens is 423 g/mol. The van der Waals surface area contributed by atoms with Crippen LogP contribution in [0.25, 0.3) is 0 Å². The minimum atomic E-state index is -4.81. The Labute approximate surface area is 171 Å². The van der Waals surface area contributed by atoms with E-state index in [1.165, 1.54) is 21.3 Å². The second kappa shape index (κ2) is 8.23. The minimum Gasteiger partial charge on any atom is -0.339 e. The molecule has 30 heavy (non-hydrogen) atoms. The highest BCUT2D eigenvalue weighted by atomic mass is 32.2. The fourth-order valence-corrected chi connectivity index (χ4v) is 4.58. The summed E-state index contributed by atoms with van der Waals surface area (Å²) in [6, 6.07) is 8.14. The molecule has 0 saturated carbocycles. The van der Waals surface area contributed by atoms with Crippen LogP contribution >= 0.6 is 0 Å². The maximum absolute atomic E-state index is 12.9. The fourth-order valence-electron chi connectivity index (χ4n) is 3.16. The van der Waals surface area contributed by atoms with Crippen molar-refractivity contribution >= 4 is 15.9 Å². The summed E-state index contributed by atoms with van der Waals surface area (Å²) >= 11 is 0. The zero-order valence-corrected chi connectivity index (χ0v) is 16.9. The molecule has 1 aliphatic heterocycles. The molecule has 1 saturated heterocycles. The van der Waals surface area contributed by atoms with Gasteiger partial charge in [0.05, 0.1) is 4.90 Å². The van der Waals surface area contributed by atoms with Gasteiger partial charge in [-0.05, 0) is 31.2 Å². The number of hydrogen-bond acceptors (Lipinski definition) is 4. The molecule has 0 radical (unpaired) electrons. The molecule has 1 aromatic carbocycles. The number of pyridine rings is 1. The van der Waals surface area contributed by atoms with Crippen LogP contribution in [0.2, 0.25) is 0 Å². The molecule has 1 aromatic heterocycles. The van der Waals surface area contributed by atoms with Crippen molar-refractivity contribution in [1.29, 1.82) is 0 Å². The molecule has 2 aromatic rings. The third-order valence-electron chi connectivity index (χ3n) is 4.88. The number of benzene rings is 1. The third-order valence-corrected chi connectivity index (χ3v) is 6.79. The summed E-state index contributed by atoms with van der Waals surface area (Å²) in [5, 5.41) is 0. The van der Waals surface area contributed by atoms with E-state index in [0.29, 0.717) is 10.6 Å². The minimum absolute atomic E-state index is 0.0550. The van der Waals surface area contributed by atoms with Gasteiger partial charge in [-0.3, -0.25) is 9.59 Å². The molecule has 1 fully saturated rings. The van der Waals surface area contributed by atoms with E-state index in [0.717, 1.165) is 17.8 Å². The first-order valence-electron chi connectivity index (χ1n) is 9.11. The van der Waals surface area contributed by atoms with Gasteiger partial charge in [0.1, 0.15) is 12.1 Å². The second-order valence-corrected chi connectivity index (χ2v) is 8.89. The Morgan fingerprint density at radius 1 is 1.03 bits per heavy atom. The molecule has 11 heteroatoms. The van der Waals surface area contributed by atoms with E-state index in [1.54, 1.807) is 12.1 Å². The molecule has 0 spiro atoms. The maximum Gasteiger partial charge on any atom is 0.421 e. The van der Waals surface area contributed by atoms with Crippen LogP contribution in [0, 0.1) is 6.92 Å². The molecule has 0 bridgehead atoms. The lowest BCUT2D eigenvalue weighted by molar-refractivity contribution is -0.139. The Hall–Kier alpha value is -2.66. The van der Waals surface area contributed by atoms with Crippen molar-refractivity contribution < 1.29 is 26.4 Å². The number of amides is 1. The van der Waals surface area contributed by atoms with Crippen molar-refractivity contribution in [2.45, 2.75) is 24.5 Å². The monoisotopic (exact) mass is 443 g/mol. The van der Waals surface area contributed by atoms with Gasteiger partial charge >= 0.3 is 6.18 Å². The predicted molar refractivity (Wildman–Crippen MR) is 102 cm³/mol. The summed E-state index contributed by atoms with van der Waals surface area (Å²) in [7, 11) is -3.70. The average molecular weight is 443 g/mol. The van der Waals surface area contributed by atoms with E-state index in [2.05, 4.69) is 0 Å². The summed E-state index contributed by atoms with van der Waals surface area (Å²) in [6.07, 6.45) is -3.69. The van der Waals surface area contributed by atoms with Crippen molar-refractivity contribution in [3.05, 3.63) is 64.1 Å². The lowest BCUT2D eigenvalue weighted by atomic mass is 10.2. The highest BCUT2D eigenvalue weighted by Gasteiger charge is 2.35. The smallest absolute Gasteiger partial charge is 0.339 e. The van der Waals surface area contributed by atoms with Gasteiger partial charge < -0.3 is 9.47 Å². The number of halogens is 3. The second-order valence-electron chi connectivity index (χ2n) is 6.95. The van der Waals surface area contributed by atoms with E-state index in [4.69, 9.17) is 0 Å². The summed E-state index contributed by atoms with van der Waals surface area (Å²) in [6.45, 7) is 1.57. The number of aryl methyl sites for hydroxylation is 1. The lowest BCUT2D eigenvalue weighted by Crippen LogP contribution is -2.51. The number of carbonyl (C=O) groups is 1. The van der Waals surface area contributed by atoms with Crippen LogP contribution in [0.15, 0.2) is 52.3 Å². The van der Waals surface area contributed by atoms with E-state index >= 15 is 0 Å². The third kappa shape index (κ3) is 4.57. The maximum atomic E-state index is 12.9. The number of rotatable bonds is 4. The lowest BCUT2D eigenvalue weighted by Gasteiger charge is -2.34. The molecule has 0 aliphatic carbocycles. The quantitative estimate of drug-likeness (QED) is 0.721. The molecular formula is C19H20F3N3O4S. The van der Waals surface area contributed by atoms with Crippen molar-refractivity contribution in [3.63, 3.8) is 0 Å². The first-order valence-corrected chi connectivity index (χ1v) is 10.6. The molecule has 0 N–H and O–H groups in total. The molecule has 7 nitrogen and oxygen atoms in total. The van der Waals surface area contributed by atoms with E-state index in [9.17, 15) is 31.2 Å². The van der Waals surface area contributed by atoms with Gasteiger partial charge in [0.15, 0.2) is 0 Å². The van der Waals surface area contributed by atoms with Crippen LogP contribution in [0.3, 0.4) is 0 Å². The Balaban J connectivity index is 1.66. The number of carbonyl (C=O) groups excluding carboxylic acids is 1. The van der Waals surface area contributed by atoms with Crippen LogP contribution in [-0.2, 0) is 27.5 Å². The summed E-state index contributed by atoms with van der Waals surface area (Å²) in [5.74, 6) is -0.552. The Bertz CT molecular complexity index is 1090. The molecule has 162 valence electrons. The SMILES string of the molecule is Cc1ccc(S(=O)(=O)N2CCN(C(=O)Cn3cccc(C(F)(F)F)c3=O)CC2)cc1. The van der Waals surface area contributed by atoms with Crippen LogP contribution in [0.1, 0.15) is 11.1 Å². The number of sulfonamides is 1. The molecule has 1 amide bonds. The molecule has 2 heterocycles. The van der Waals surface area contributed by atoms with Crippen LogP contribution in [0.5, 0.6) is 0 Å². The van der Waals surface area contributed by atoms with Gasteiger partial charge in [-0.1, -0.05) is 17.7 Å². The van der Waals surface area contributed by atoms with Gasteiger partial charge in [0.25, 0.3) is 5.56 Å². The standard InChI is InChI=1S/C19H20F3N3O4S/c1-14-4-6-15(7-5-14)30(28,29)25-11-9-23(10-12-25)17(26)13-24-8-2-3-16(18(24)27)19(20,21)22/h2-8H,9-13H2,1H3. The Morgan fingerprint density at radius 2 is 1.63 bits per heavy atom. The van der Waals surface area contributed by atoms with Crippen LogP contribution < -0.4 is 5.56 Å². The topological polar surface area (TPSA) is 79.7 Å². The predicted octanol–water partition coefficient (Wildman–Crippen LogP) is 1.71. The summed E-state index contributed by atoms with van der Waals surface area (Å²) < 4.78 is 66.0. The van der Waals surface area contributed by atoms with Crippen molar-refractivity contribution in [2.24, 2.45) is 0 Å². The van der Waals surface area contributed by atoms with Gasteiger partial charge in [-0.2, -0.15) is 17.5 Å². The Kier molecular flexibility index (Phi) is 6.04. The zero-order chi connectivity index (χ0) is 22.1. The molecule has 0 unspecified atom stereocenters. The van der Waals surface area contributed by atoms with Crippen molar-refractivity contribution in [1.82, 2.24) is 13.8 Å². The molecule has 3 rings (SSSR count). The average Bonchev–Trinajstić information content (AvgIpc) is 2.69. The van der Waals surface area contributed by atoms with Crippen LogP contribution in [-0.4, -0.2) is 54.3 Å². The number of nitrogens with zero attached hydrogens (tertiary/aromatic N) is 3. The van der Waals surface area contributed by atoms with Gasteiger partial charge in [0.2, 0.25) is 15.9 Å². The highest BCUT2D eigenvalue weighted by molar-refractivity contribution is 7.89. The van der Waals surface area contributed by atoms with Crippen LogP contribution in [0.4, 0.5) is 13.2 Å². The zero-order valence-electron chi connectivity index (χ0n) is 16.1. The van der Waals surface area contributed by atoms with Gasteiger partial charge in [-0.15, -0.1) is 0 Å². The highest BCUT2D eigenvalue weighted by Crippen LogP contribution is 2.26. The van der Waals surface area contributed by atoms with Gasteiger partial charge in [0, 0.05) is 32.4 Å². The molecule has 0 atom stereocenters. The van der Waals surface area contributed by atoms with E-state index in [-0.39, 0.29) is 31.1 Å². The van der Waals surface area contributed by atoms with Gasteiger partial charge in [-0.25, -0.2) is 8.42 Å². The number of alkyl halides is 3. The normalized spacial score (nSPS) is 15.9. The van der Waals surface area contributed by atoms with E-state index < -0.39 is 39.8 Å². The fraction of sp³-hybridized carbons (Fsp3) is 0.368. The number of hydrogen-bond donors (Lipinski definition) is 0. The summed E-state index contributed by atoms with van der Waals surface area (Å²) in [5.41, 5.74) is -1.71. The van der Waals surface area contributed by atoms with E-state index in [1.807, 2.05) is 6.92 Å². The number of piperazine rings is 1. The first-order chi connectivity index (χ1) is 14.0. The number of aromatic nitrogens is 1. The van der Waals surface area contributed by atoms with Crippen molar-refractivity contribution in [2.75, 3.05) is 26.2 Å². The van der Waals surface area contributed by atoms with Crippen molar-refractivity contribution in [3.8, 4) is 0 Å². The Morgan fingerprint density at radius 3 is 2.20 bits per heavy atom. The summed E-state index contributed by atoms with van der Waals surface area (Å²) in [4.78, 5) is 25.9. The largest absolute Gasteiger partial charge is 0.421 e. The first kappa shape index (κ1) is 22.0.